The van der Waals surface area contributed by atoms with Crippen LogP contribution < -0.4 is 0 Å². The Balaban J connectivity index is 4.46. The van der Waals surface area contributed by atoms with Crippen molar-refractivity contribution in [3.05, 3.63) is 12.2 Å². The van der Waals surface area contributed by atoms with E-state index in [9.17, 15) is 9.59 Å². The number of unbranched alkanes of at least 4 members (excludes halogenated alkanes) is 4. The summed E-state index contributed by atoms with van der Waals surface area (Å²) in [7, 11) is 7.50. The minimum Gasteiger partial charge on any atom is -0.443 e. The first-order valence-electron chi connectivity index (χ1n) is 9.73. The second kappa shape index (κ2) is 14.7. The summed E-state index contributed by atoms with van der Waals surface area (Å²) >= 11 is 0. The standard InChI is InChI=1S/C20H38N2O4/c1-7-9-11-13-17(21(3)4)25-19(23)15-16-20(24)26-18(22(5)6)14-12-10-8-2/h15-18H,7-14H2,1-6H3/b16-15+. The molecule has 152 valence electrons. The van der Waals surface area contributed by atoms with Crippen LogP contribution in [0.1, 0.15) is 65.2 Å². The molecule has 0 heterocycles. The van der Waals surface area contributed by atoms with Crippen molar-refractivity contribution in [2.45, 2.75) is 77.7 Å². The van der Waals surface area contributed by atoms with E-state index in [2.05, 4.69) is 13.8 Å². The minimum atomic E-state index is -0.524. The highest BCUT2D eigenvalue weighted by Gasteiger charge is 2.17. The van der Waals surface area contributed by atoms with Gasteiger partial charge in [-0.05, 0) is 53.9 Å². The van der Waals surface area contributed by atoms with Crippen LogP contribution in [0.25, 0.3) is 0 Å². The summed E-state index contributed by atoms with van der Waals surface area (Å²) < 4.78 is 10.8. The molecule has 0 radical (unpaired) electrons. The Labute approximate surface area is 159 Å². The summed E-state index contributed by atoms with van der Waals surface area (Å²) in [5, 5.41) is 0. The second-order valence-corrected chi connectivity index (χ2v) is 7.04. The van der Waals surface area contributed by atoms with Crippen LogP contribution in [-0.4, -0.2) is 62.4 Å². The first-order valence-corrected chi connectivity index (χ1v) is 9.73. The number of carbonyl (C=O) groups excluding carboxylic acids is 2. The lowest BCUT2D eigenvalue weighted by Crippen LogP contribution is -2.33. The Hall–Kier alpha value is -1.40. The molecule has 0 rings (SSSR count). The van der Waals surface area contributed by atoms with E-state index in [-0.39, 0.29) is 12.5 Å². The molecule has 0 spiro atoms. The van der Waals surface area contributed by atoms with Gasteiger partial charge < -0.3 is 9.47 Å². The third-order valence-corrected chi connectivity index (χ3v) is 4.12. The van der Waals surface area contributed by atoms with Crippen LogP contribution in [0.3, 0.4) is 0 Å². The highest BCUT2D eigenvalue weighted by Crippen LogP contribution is 2.11. The van der Waals surface area contributed by atoms with E-state index in [1.54, 1.807) is 0 Å². The highest BCUT2D eigenvalue weighted by atomic mass is 16.6. The maximum atomic E-state index is 12.0. The van der Waals surface area contributed by atoms with Crippen LogP contribution in [0.15, 0.2) is 12.2 Å². The molecule has 0 fully saturated rings. The van der Waals surface area contributed by atoms with E-state index in [0.717, 1.165) is 63.5 Å². The minimum absolute atomic E-state index is 0.279. The molecule has 0 N–H and O–H groups in total. The maximum Gasteiger partial charge on any atom is 0.332 e. The maximum absolute atomic E-state index is 12.0. The van der Waals surface area contributed by atoms with Gasteiger partial charge in [-0.2, -0.15) is 0 Å². The summed E-state index contributed by atoms with van der Waals surface area (Å²) in [6.45, 7) is 4.27. The zero-order valence-electron chi connectivity index (χ0n) is 17.5. The first-order chi connectivity index (χ1) is 12.3. The number of rotatable bonds is 14. The molecule has 2 atom stereocenters. The van der Waals surface area contributed by atoms with Crippen LogP contribution in [0.4, 0.5) is 0 Å². The van der Waals surface area contributed by atoms with Gasteiger partial charge in [-0.15, -0.1) is 0 Å². The molecule has 0 aromatic rings. The Morgan fingerprint density at radius 1 is 0.731 bits per heavy atom. The molecule has 0 aliphatic heterocycles. The van der Waals surface area contributed by atoms with Crippen molar-refractivity contribution < 1.29 is 19.1 Å². The number of carbonyl (C=O) groups is 2. The van der Waals surface area contributed by atoms with Crippen molar-refractivity contribution in [1.82, 2.24) is 9.80 Å². The Bertz CT molecular complexity index is 384. The normalized spacial score (nSPS) is 14.0. The Morgan fingerprint density at radius 2 is 1.08 bits per heavy atom. The summed E-state index contributed by atoms with van der Waals surface area (Å²) in [6, 6.07) is 0. The van der Waals surface area contributed by atoms with Crippen LogP contribution in [-0.2, 0) is 19.1 Å². The van der Waals surface area contributed by atoms with Crippen LogP contribution in [0.2, 0.25) is 0 Å². The average Bonchev–Trinajstić information content (AvgIpc) is 2.58. The fraction of sp³-hybridized carbons (Fsp3) is 0.800. The monoisotopic (exact) mass is 370 g/mol. The van der Waals surface area contributed by atoms with Crippen molar-refractivity contribution in [1.29, 1.82) is 0 Å². The first kappa shape index (κ1) is 24.6. The van der Waals surface area contributed by atoms with Crippen LogP contribution in [0.5, 0.6) is 0 Å². The molecule has 0 aliphatic rings. The molecule has 0 saturated heterocycles. The predicted molar refractivity (Wildman–Crippen MR) is 105 cm³/mol. The van der Waals surface area contributed by atoms with Gasteiger partial charge in [0.15, 0.2) is 12.5 Å². The number of hydrogen-bond acceptors (Lipinski definition) is 6. The molecule has 0 aromatic heterocycles. The second-order valence-electron chi connectivity index (χ2n) is 7.04. The van der Waals surface area contributed by atoms with E-state index in [0.29, 0.717) is 0 Å². The van der Waals surface area contributed by atoms with E-state index < -0.39 is 11.9 Å². The van der Waals surface area contributed by atoms with Gasteiger partial charge in [0.05, 0.1) is 0 Å². The topological polar surface area (TPSA) is 59.1 Å². The van der Waals surface area contributed by atoms with E-state index in [4.69, 9.17) is 9.47 Å². The summed E-state index contributed by atoms with van der Waals surface area (Å²) in [6.07, 6.45) is 9.75. The van der Waals surface area contributed by atoms with Gasteiger partial charge in [0.25, 0.3) is 0 Å². The van der Waals surface area contributed by atoms with Crippen LogP contribution >= 0.6 is 0 Å². The predicted octanol–water partition coefficient (Wildman–Crippen LogP) is 3.57. The molecule has 0 saturated carbocycles. The van der Waals surface area contributed by atoms with Crippen molar-refractivity contribution in [3.8, 4) is 0 Å². The zero-order chi connectivity index (χ0) is 19.9. The molecule has 0 amide bonds. The molecule has 6 heteroatoms. The third kappa shape index (κ3) is 12.0. The van der Waals surface area contributed by atoms with Gasteiger partial charge in [0, 0.05) is 12.2 Å². The van der Waals surface area contributed by atoms with Gasteiger partial charge in [-0.3, -0.25) is 9.80 Å². The largest absolute Gasteiger partial charge is 0.443 e. The van der Waals surface area contributed by atoms with E-state index in [1.165, 1.54) is 0 Å². The summed E-state index contributed by atoms with van der Waals surface area (Å²) in [4.78, 5) is 27.7. The van der Waals surface area contributed by atoms with Gasteiger partial charge >= 0.3 is 11.9 Å². The number of nitrogens with zero attached hydrogens (tertiary/aromatic N) is 2. The van der Waals surface area contributed by atoms with Crippen molar-refractivity contribution in [2.75, 3.05) is 28.2 Å². The fourth-order valence-corrected chi connectivity index (χ4v) is 2.47. The lowest BCUT2D eigenvalue weighted by Gasteiger charge is -2.24. The lowest BCUT2D eigenvalue weighted by molar-refractivity contribution is -0.154. The Morgan fingerprint density at radius 3 is 1.35 bits per heavy atom. The summed E-state index contributed by atoms with van der Waals surface area (Å²) in [5.41, 5.74) is 0. The fourth-order valence-electron chi connectivity index (χ4n) is 2.47. The molecule has 2 unspecified atom stereocenters. The number of hydrogen-bond donors (Lipinski definition) is 0. The molecule has 0 bridgehead atoms. The molecule has 6 nitrogen and oxygen atoms in total. The SMILES string of the molecule is CCCCCC(OC(=O)/C=C/C(=O)OC(CCCCC)N(C)C)N(C)C. The number of ether oxygens (including phenoxy) is 2. The van der Waals surface area contributed by atoms with E-state index in [1.807, 2.05) is 38.0 Å². The van der Waals surface area contributed by atoms with Crippen LogP contribution in [0, 0.1) is 0 Å². The average molecular weight is 371 g/mol. The lowest BCUT2D eigenvalue weighted by atomic mass is 10.2. The van der Waals surface area contributed by atoms with Gasteiger partial charge in [0.1, 0.15) is 0 Å². The Kier molecular flexibility index (Phi) is 13.9. The third-order valence-electron chi connectivity index (χ3n) is 4.12. The number of esters is 2. The molecular weight excluding hydrogens is 332 g/mol. The van der Waals surface area contributed by atoms with Crippen molar-refractivity contribution in [2.24, 2.45) is 0 Å². The smallest absolute Gasteiger partial charge is 0.332 e. The van der Waals surface area contributed by atoms with E-state index >= 15 is 0 Å². The highest BCUT2D eigenvalue weighted by molar-refractivity contribution is 5.91. The van der Waals surface area contributed by atoms with Gasteiger partial charge in [0.2, 0.25) is 0 Å². The molecule has 0 aliphatic carbocycles. The van der Waals surface area contributed by atoms with Crippen molar-refractivity contribution >= 4 is 11.9 Å². The molecule has 0 aromatic carbocycles. The van der Waals surface area contributed by atoms with Gasteiger partial charge in [-0.25, -0.2) is 9.59 Å². The molecule has 26 heavy (non-hydrogen) atoms. The summed E-state index contributed by atoms with van der Waals surface area (Å²) in [5.74, 6) is -1.05. The zero-order valence-corrected chi connectivity index (χ0v) is 17.5. The van der Waals surface area contributed by atoms with Crippen molar-refractivity contribution in [3.63, 3.8) is 0 Å². The molecular formula is C20H38N2O4. The quantitative estimate of drug-likeness (QED) is 0.202. The van der Waals surface area contributed by atoms with Gasteiger partial charge in [-0.1, -0.05) is 39.5 Å².